The van der Waals surface area contributed by atoms with E-state index in [9.17, 15) is 14.0 Å². The van der Waals surface area contributed by atoms with Gasteiger partial charge in [-0.1, -0.05) is 54.6 Å². The van der Waals surface area contributed by atoms with E-state index in [0.29, 0.717) is 17.8 Å². The monoisotopic (exact) mass is 407 g/mol. The van der Waals surface area contributed by atoms with Crippen LogP contribution in [0.3, 0.4) is 0 Å². The van der Waals surface area contributed by atoms with Crippen molar-refractivity contribution in [2.45, 2.75) is 6.54 Å². The van der Waals surface area contributed by atoms with E-state index in [1.807, 2.05) is 30.3 Å². The molecule has 3 aromatic carbocycles. The Bertz CT molecular complexity index is 1040. The molecule has 0 aliphatic carbocycles. The number of hydrogen-bond acceptors (Lipinski definition) is 3. The quantitative estimate of drug-likeness (QED) is 0.562. The van der Waals surface area contributed by atoms with Crippen LogP contribution in [0.15, 0.2) is 78.9 Å². The van der Waals surface area contributed by atoms with Crippen LogP contribution >= 0.6 is 12.2 Å². The molecule has 29 heavy (non-hydrogen) atoms. The molecule has 0 aliphatic rings. The predicted molar refractivity (Wildman–Crippen MR) is 114 cm³/mol. The van der Waals surface area contributed by atoms with Crippen molar-refractivity contribution in [3.05, 3.63) is 101 Å². The van der Waals surface area contributed by atoms with Gasteiger partial charge in [-0.05, 0) is 42.0 Å². The number of nitrogens with one attached hydrogen (secondary N) is 3. The second-order valence-electron chi connectivity index (χ2n) is 6.10. The zero-order chi connectivity index (χ0) is 20.6. The minimum atomic E-state index is -0.674. The number of carbonyl (C=O) groups excluding carboxylic acids is 2. The standard InChI is InChI=1S/C22H18FN3O2S/c23-18-12-6-4-10-16(18)21(28)26-22(29)25-19-13-7-5-11-17(19)20(27)24-14-15-8-2-1-3-9-15/h1-13H,14H2,(H,24,27)(H2,25,26,28,29). The molecule has 0 spiro atoms. The number of para-hydroxylation sites is 1. The first-order valence-electron chi connectivity index (χ1n) is 8.82. The number of carbonyl (C=O) groups is 2. The van der Waals surface area contributed by atoms with Gasteiger partial charge in [0, 0.05) is 6.54 Å². The van der Waals surface area contributed by atoms with E-state index in [4.69, 9.17) is 12.2 Å². The van der Waals surface area contributed by atoms with Crippen molar-refractivity contribution >= 4 is 34.8 Å². The third-order valence-electron chi connectivity index (χ3n) is 4.06. The molecule has 0 fully saturated rings. The van der Waals surface area contributed by atoms with Crippen molar-refractivity contribution in [1.29, 1.82) is 0 Å². The number of rotatable bonds is 5. The fraction of sp³-hybridized carbons (Fsp3) is 0.0455. The Kier molecular flexibility index (Phi) is 6.65. The first kappa shape index (κ1) is 20.2. The van der Waals surface area contributed by atoms with Crippen molar-refractivity contribution in [1.82, 2.24) is 10.6 Å². The summed E-state index contributed by atoms with van der Waals surface area (Å²) in [6, 6.07) is 21.9. The zero-order valence-corrected chi connectivity index (χ0v) is 16.1. The lowest BCUT2D eigenvalue weighted by molar-refractivity contribution is 0.0949. The van der Waals surface area contributed by atoms with Gasteiger partial charge < -0.3 is 10.6 Å². The van der Waals surface area contributed by atoms with Gasteiger partial charge in [0.25, 0.3) is 11.8 Å². The van der Waals surface area contributed by atoms with E-state index >= 15 is 0 Å². The van der Waals surface area contributed by atoms with E-state index in [0.717, 1.165) is 5.56 Å². The molecule has 0 radical (unpaired) electrons. The molecule has 5 nitrogen and oxygen atoms in total. The Morgan fingerprint density at radius 1 is 0.793 bits per heavy atom. The maximum Gasteiger partial charge on any atom is 0.260 e. The lowest BCUT2D eigenvalue weighted by atomic mass is 10.1. The molecule has 2 amide bonds. The summed E-state index contributed by atoms with van der Waals surface area (Å²) in [6.07, 6.45) is 0. The Labute approximate surface area is 173 Å². The van der Waals surface area contributed by atoms with Gasteiger partial charge in [-0.3, -0.25) is 14.9 Å². The predicted octanol–water partition coefficient (Wildman–Crippen LogP) is 3.88. The van der Waals surface area contributed by atoms with E-state index in [1.54, 1.807) is 30.3 Å². The lowest BCUT2D eigenvalue weighted by Gasteiger charge is -2.14. The van der Waals surface area contributed by atoms with Gasteiger partial charge in [-0.2, -0.15) is 0 Å². The van der Waals surface area contributed by atoms with Gasteiger partial charge in [-0.25, -0.2) is 4.39 Å². The summed E-state index contributed by atoms with van der Waals surface area (Å²) in [5.74, 6) is -1.61. The molecule has 0 bridgehead atoms. The zero-order valence-electron chi connectivity index (χ0n) is 15.3. The van der Waals surface area contributed by atoms with E-state index < -0.39 is 11.7 Å². The number of hydrogen-bond donors (Lipinski definition) is 3. The van der Waals surface area contributed by atoms with Crippen LogP contribution in [0.4, 0.5) is 10.1 Å². The van der Waals surface area contributed by atoms with Gasteiger partial charge in [0.2, 0.25) is 0 Å². The van der Waals surface area contributed by atoms with Gasteiger partial charge in [0.05, 0.1) is 16.8 Å². The molecule has 0 aliphatic heterocycles. The summed E-state index contributed by atoms with van der Waals surface area (Å²) in [4.78, 5) is 24.8. The Balaban J connectivity index is 1.65. The molecular formula is C22H18FN3O2S. The molecule has 0 aromatic heterocycles. The van der Waals surface area contributed by atoms with Gasteiger partial charge in [-0.15, -0.1) is 0 Å². The second-order valence-corrected chi connectivity index (χ2v) is 6.51. The maximum atomic E-state index is 13.7. The average molecular weight is 407 g/mol. The van der Waals surface area contributed by atoms with Gasteiger partial charge in [0.15, 0.2) is 5.11 Å². The minimum absolute atomic E-state index is 0.0402. The highest BCUT2D eigenvalue weighted by Crippen LogP contribution is 2.15. The van der Waals surface area contributed by atoms with Crippen molar-refractivity contribution in [2.24, 2.45) is 0 Å². The number of halogens is 1. The fourth-order valence-corrected chi connectivity index (χ4v) is 2.84. The van der Waals surface area contributed by atoms with Crippen LogP contribution in [0.2, 0.25) is 0 Å². The Morgan fingerprint density at radius 3 is 2.14 bits per heavy atom. The Morgan fingerprint density at radius 2 is 1.41 bits per heavy atom. The number of thiocarbonyl (C=S) groups is 1. The van der Waals surface area contributed by atoms with E-state index in [2.05, 4.69) is 16.0 Å². The van der Waals surface area contributed by atoms with Crippen molar-refractivity contribution < 1.29 is 14.0 Å². The molecule has 0 heterocycles. The van der Waals surface area contributed by atoms with Crippen LogP contribution in [0.5, 0.6) is 0 Å². The Hall–Kier alpha value is -3.58. The molecule has 3 N–H and O–H groups in total. The summed E-state index contributed by atoms with van der Waals surface area (Å²) >= 11 is 5.15. The SMILES string of the molecule is O=C(NC(=S)Nc1ccccc1C(=O)NCc1ccccc1)c1ccccc1F. The lowest BCUT2D eigenvalue weighted by Crippen LogP contribution is -2.35. The molecule has 7 heteroatoms. The molecule has 0 atom stereocenters. The smallest absolute Gasteiger partial charge is 0.260 e. The highest BCUT2D eigenvalue weighted by Gasteiger charge is 2.15. The number of anilines is 1. The third kappa shape index (κ3) is 5.46. The molecule has 3 rings (SSSR count). The van der Waals surface area contributed by atoms with Crippen LogP contribution in [0.25, 0.3) is 0 Å². The fourth-order valence-electron chi connectivity index (χ4n) is 2.63. The summed E-state index contributed by atoms with van der Waals surface area (Å²) < 4.78 is 13.7. The van der Waals surface area contributed by atoms with Crippen LogP contribution in [0.1, 0.15) is 26.3 Å². The molecule has 146 valence electrons. The summed E-state index contributed by atoms with van der Waals surface area (Å²) in [6.45, 7) is 0.377. The number of benzene rings is 3. The van der Waals surface area contributed by atoms with Crippen LogP contribution in [-0.2, 0) is 6.54 Å². The average Bonchev–Trinajstić information content (AvgIpc) is 2.73. The van der Waals surface area contributed by atoms with Gasteiger partial charge in [0.1, 0.15) is 5.82 Å². The third-order valence-corrected chi connectivity index (χ3v) is 4.27. The number of amides is 2. The minimum Gasteiger partial charge on any atom is -0.348 e. The van der Waals surface area contributed by atoms with Crippen molar-refractivity contribution in [2.75, 3.05) is 5.32 Å². The molecule has 0 saturated heterocycles. The van der Waals surface area contributed by atoms with Gasteiger partial charge >= 0.3 is 0 Å². The normalized spacial score (nSPS) is 10.1. The summed E-state index contributed by atoms with van der Waals surface area (Å²) in [5, 5.41) is 8.05. The topological polar surface area (TPSA) is 70.2 Å². The molecule has 3 aromatic rings. The summed E-state index contributed by atoms with van der Waals surface area (Å²) in [5.41, 5.74) is 1.65. The molecular weight excluding hydrogens is 389 g/mol. The van der Waals surface area contributed by atoms with E-state index in [-0.39, 0.29) is 16.6 Å². The van der Waals surface area contributed by atoms with Crippen LogP contribution in [0, 0.1) is 5.82 Å². The molecule has 0 saturated carbocycles. The van der Waals surface area contributed by atoms with E-state index in [1.165, 1.54) is 18.2 Å². The second kappa shape index (κ2) is 9.57. The first-order valence-corrected chi connectivity index (χ1v) is 9.23. The highest BCUT2D eigenvalue weighted by atomic mass is 32.1. The maximum absolute atomic E-state index is 13.7. The van der Waals surface area contributed by atoms with Crippen LogP contribution in [-0.4, -0.2) is 16.9 Å². The summed E-state index contributed by atoms with van der Waals surface area (Å²) in [7, 11) is 0. The molecule has 0 unspecified atom stereocenters. The van der Waals surface area contributed by atoms with Crippen molar-refractivity contribution in [3.63, 3.8) is 0 Å². The van der Waals surface area contributed by atoms with Crippen LogP contribution < -0.4 is 16.0 Å². The van der Waals surface area contributed by atoms with Crippen molar-refractivity contribution in [3.8, 4) is 0 Å². The first-order chi connectivity index (χ1) is 14.0. The highest BCUT2D eigenvalue weighted by molar-refractivity contribution is 7.80. The largest absolute Gasteiger partial charge is 0.348 e.